The van der Waals surface area contributed by atoms with Gasteiger partial charge in [-0.25, -0.2) is 0 Å². The molecule has 0 spiro atoms. The van der Waals surface area contributed by atoms with E-state index in [1.165, 1.54) is 0 Å². The molecule has 0 aromatic heterocycles. The van der Waals surface area contributed by atoms with Crippen LogP contribution in [-0.4, -0.2) is 36.0 Å². The van der Waals surface area contributed by atoms with Crippen LogP contribution in [0.25, 0.3) is 0 Å². The third-order valence-corrected chi connectivity index (χ3v) is 3.79. The zero-order valence-corrected chi connectivity index (χ0v) is 13.3. The second kappa shape index (κ2) is 6.35. The molecule has 5 heteroatoms. The lowest BCUT2D eigenvalue weighted by atomic mass is 10.1. The predicted molar refractivity (Wildman–Crippen MR) is 85.7 cm³/mol. The Bertz CT molecular complexity index is 518. The average molecular weight is 291 g/mol. The molecule has 0 aliphatic carbocycles. The van der Waals surface area contributed by atoms with Crippen molar-refractivity contribution in [3.63, 3.8) is 0 Å². The molecule has 1 aromatic rings. The molecule has 0 radical (unpaired) electrons. The number of carbonyl (C=O) groups is 1. The molecular formula is C16H25N3O2. The van der Waals surface area contributed by atoms with Crippen LogP contribution < -0.4 is 15.8 Å². The molecule has 1 aliphatic heterocycles. The van der Waals surface area contributed by atoms with E-state index in [0.29, 0.717) is 36.5 Å². The molecule has 1 amide bonds. The molecule has 116 valence electrons. The van der Waals surface area contributed by atoms with Crippen molar-refractivity contribution in [1.82, 2.24) is 4.90 Å². The number of fused-ring (bicyclic) bond motifs is 1. The average Bonchev–Trinajstić information content (AvgIpc) is 2.72. The largest absolute Gasteiger partial charge is 0.490 e. The van der Waals surface area contributed by atoms with Crippen LogP contribution in [-0.2, 0) is 11.2 Å². The van der Waals surface area contributed by atoms with Gasteiger partial charge in [-0.3, -0.25) is 9.69 Å². The van der Waals surface area contributed by atoms with E-state index in [0.717, 1.165) is 17.8 Å². The second-order valence-electron chi connectivity index (χ2n) is 6.05. The summed E-state index contributed by atoms with van der Waals surface area (Å²) in [5.74, 6) is 0.649. The van der Waals surface area contributed by atoms with Crippen molar-refractivity contribution < 1.29 is 9.53 Å². The zero-order chi connectivity index (χ0) is 15.6. The normalized spacial score (nSPS) is 14.0. The van der Waals surface area contributed by atoms with Crippen LogP contribution >= 0.6 is 0 Å². The van der Waals surface area contributed by atoms with E-state index in [1.54, 1.807) is 0 Å². The molecule has 0 saturated heterocycles. The van der Waals surface area contributed by atoms with Crippen LogP contribution in [0.2, 0.25) is 0 Å². The van der Waals surface area contributed by atoms with Gasteiger partial charge in [-0.05, 0) is 39.3 Å². The van der Waals surface area contributed by atoms with Gasteiger partial charge in [0, 0.05) is 30.4 Å². The molecule has 0 fully saturated rings. The first-order valence-corrected chi connectivity index (χ1v) is 7.49. The highest BCUT2D eigenvalue weighted by Crippen LogP contribution is 2.33. The van der Waals surface area contributed by atoms with E-state index in [-0.39, 0.29) is 5.91 Å². The Morgan fingerprint density at radius 3 is 2.57 bits per heavy atom. The van der Waals surface area contributed by atoms with Gasteiger partial charge < -0.3 is 15.8 Å². The van der Waals surface area contributed by atoms with Crippen molar-refractivity contribution in [2.45, 2.75) is 46.2 Å². The van der Waals surface area contributed by atoms with Gasteiger partial charge in [-0.2, -0.15) is 0 Å². The molecule has 1 aromatic carbocycles. The number of nitrogens with one attached hydrogen (secondary N) is 1. The number of nitrogens with two attached hydrogens (primary N) is 1. The Kier molecular flexibility index (Phi) is 4.73. The summed E-state index contributed by atoms with van der Waals surface area (Å²) in [7, 11) is 0. The monoisotopic (exact) mass is 291 g/mol. The van der Waals surface area contributed by atoms with Crippen LogP contribution in [0.4, 0.5) is 11.4 Å². The van der Waals surface area contributed by atoms with Gasteiger partial charge >= 0.3 is 0 Å². The Morgan fingerprint density at radius 1 is 1.29 bits per heavy atom. The van der Waals surface area contributed by atoms with E-state index >= 15 is 0 Å². The topological polar surface area (TPSA) is 67.6 Å². The number of amides is 1. The molecule has 0 atom stereocenters. The fourth-order valence-electron chi connectivity index (χ4n) is 2.77. The highest BCUT2D eigenvalue weighted by Gasteiger charge is 2.20. The number of ether oxygens (including phenoxy) is 1. The maximum absolute atomic E-state index is 11.4. The molecule has 1 aliphatic rings. The van der Waals surface area contributed by atoms with Crippen LogP contribution in [0.1, 0.15) is 33.3 Å². The summed E-state index contributed by atoms with van der Waals surface area (Å²) in [6, 6.07) is 4.60. The summed E-state index contributed by atoms with van der Waals surface area (Å²) in [5.41, 5.74) is 8.34. The number of rotatable bonds is 6. The number of anilines is 2. The van der Waals surface area contributed by atoms with E-state index in [1.807, 2.05) is 12.1 Å². The zero-order valence-electron chi connectivity index (χ0n) is 13.3. The van der Waals surface area contributed by atoms with Crippen molar-refractivity contribution in [1.29, 1.82) is 0 Å². The van der Waals surface area contributed by atoms with Crippen LogP contribution in [0, 0.1) is 0 Å². The molecule has 0 unspecified atom stereocenters. The molecular weight excluding hydrogens is 266 g/mol. The Balaban J connectivity index is 1.98. The SMILES string of the molecule is CC(C)N(CCOc1cc2c(cc1N)CC(=O)N2)C(C)C. The highest BCUT2D eigenvalue weighted by atomic mass is 16.5. The Morgan fingerprint density at radius 2 is 1.95 bits per heavy atom. The first-order chi connectivity index (χ1) is 9.88. The fourth-order valence-corrected chi connectivity index (χ4v) is 2.77. The van der Waals surface area contributed by atoms with Crippen LogP contribution in [0.5, 0.6) is 5.75 Å². The summed E-state index contributed by atoms with van der Waals surface area (Å²) < 4.78 is 5.81. The number of benzene rings is 1. The minimum absolute atomic E-state index is 0.00680. The van der Waals surface area contributed by atoms with Crippen molar-refractivity contribution >= 4 is 17.3 Å². The molecule has 3 N–H and O–H groups in total. The van der Waals surface area contributed by atoms with E-state index in [4.69, 9.17) is 10.5 Å². The minimum atomic E-state index is 0.00680. The van der Waals surface area contributed by atoms with Crippen molar-refractivity contribution in [3.8, 4) is 5.75 Å². The number of carbonyl (C=O) groups excluding carboxylic acids is 1. The van der Waals surface area contributed by atoms with Crippen molar-refractivity contribution in [3.05, 3.63) is 17.7 Å². The van der Waals surface area contributed by atoms with Gasteiger partial charge in [0.15, 0.2) is 0 Å². The van der Waals surface area contributed by atoms with Crippen LogP contribution in [0.3, 0.4) is 0 Å². The maximum Gasteiger partial charge on any atom is 0.228 e. The lowest BCUT2D eigenvalue weighted by Crippen LogP contribution is -2.39. The number of hydrogen-bond acceptors (Lipinski definition) is 4. The van der Waals surface area contributed by atoms with Crippen molar-refractivity contribution in [2.24, 2.45) is 0 Å². The second-order valence-corrected chi connectivity index (χ2v) is 6.05. The van der Waals surface area contributed by atoms with Gasteiger partial charge in [0.2, 0.25) is 5.91 Å². The number of nitrogens with zero attached hydrogens (tertiary/aromatic N) is 1. The Hall–Kier alpha value is -1.75. The molecule has 1 heterocycles. The van der Waals surface area contributed by atoms with Gasteiger partial charge in [-0.1, -0.05) is 0 Å². The molecule has 0 saturated carbocycles. The van der Waals surface area contributed by atoms with Gasteiger partial charge in [0.1, 0.15) is 12.4 Å². The summed E-state index contributed by atoms with van der Waals surface area (Å²) in [5, 5.41) is 2.82. The van der Waals surface area contributed by atoms with Crippen LogP contribution in [0.15, 0.2) is 12.1 Å². The van der Waals surface area contributed by atoms with E-state index in [2.05, 4.69) is 37.9 Å². The lowest BCUT2D eigenvalue weighted by Gasteiger charge is -2.30. The number of hydrogen-bond donors (Lipinski definition) is 2. The fraction of sp³-hybridized carbons (Fsp3) is 0.562. The molecule has 21 heavy (non-hydrogen) atoms. The minimum Gasteiger partial charge on any atom is -0.490 e. The predicted octanol–water partition coefficient (Wildman–Crippen LogP) is 2.26. The van der Waals surface area contributed by atoms with E-state index in [9.17, 15) is 4.79 Å². The summed E-state index contributed by atoms with van der Waals surface area (Å²) in [4.78, 5) is 13.7. The third kappa shape index (κ3) is 3.67. The standard InChI is InChI=1S/C16H25N3O2/c1-10(2)19(11(3)4)5-6-21-15-9-14-12(7-13(15)17)8-16(20)18-14/h7,9-11H,5-6,8,17H2,1-4H3,(H,18,20). The van der Waals surface area contributed by atoms with Gasteiger partial charge in [0.25, 0.3) is 0 Å². The third-order valence-electron chi connectivity index (χ3n) is 3.79. The van der Waals surface area contributed by atoms with E-state index < -0.39 is 0 Å². The number of nitrogen functional groups attached to an aromatic ring is 1. The highest BCUT2D eigenvalue weighted by molar-refractivity contribution is 6.00. The summed E-state index contributed by atoms with van der Waals surface area (Å²) >= 11 is 0. The van der Waals surface area contributed by atoms with Gasteiger partial charge in [0.05, 0.1) is 12.1 Å². The lowest BCUT2D eigenvalue weighted by molar-refractivity contribution is -0.115. The quantitative estimate of drug-likeness (QED) is 0.789. The maximum atomic E-state index is 11.4. The molecule has 0 bridgehead atoms. The van der Waals surface area contributed by atoms with Crippen molar-refractivity contribution in [2.75, 3.05) is 24.2 Å². The Labute approximate surface area is 126 Å². The first-order valence-electron chi connectivity index (χ1n) is 7.49. The summed E-state index contributed by atoms with van der Waals surface area (Å²) in [6.45, 7) is 10.1. The first kappa shape index (κ1) is 15.6. The molecule has 2 rings (SSSR count). The summed E-state index contributed by atoms with van der Waals surface area (Å²) in [6.07, 6.45) is 0.397. The smallest absolute Gasteiger partial charge is 0.228 e. The van der Waals surface area contributed by atoms with Gasteiger partial charge in [-0.15, -0.1) is 0 Å². The molecule has 5 nitrogen and oxygen atoms in total.